The van der Waals surface area contributed by atoms with Crippen LogP contribution < -0.4 is 5.32 Å². The number of carbonyl (C=O) groups is 1. The molecule has 3 nitrogen and oxygen atoms in total. The third-order valence-electron chi connectivity index (χ3n) is 2.43. The van der Waals surface area contributed by atoms with Gasteiger partial charge in [0.1, 0.15) is 0 Å². The predicted octanol–water partition coefficient (Wildman–Crippen LogP) is 2.70. The van der Waals surface area contributed by atoms with E-state index in [1.165, 1.54) is 0 Å². The molecule has 0 radical (unpaired) electrons. The fraction of sp³-hybridized carbons (Fsp3) is 0.462. The van der Waals surface area contributed by atoms with Gasteiger partial charge in [0.15, 0.2) is 0 Å². The Bertz CT molecular complexity index is 319. The van der Waals surface area contributed by atoms with E-state index in [0.717, 1.165) is 30.5 Å². The van der Waals surface area contributed by atoms with Gasteiger partial charge in [0.25, 0.3) is 0 Å². The van der Waals surface area contributed by atoms with Gasteiger partial charge in [-0.15, -0.1) is 0 Å². The van der Waals surface area contributed by atoms with Gasteiger partial charge in [-0.1, -0.05) is 31.9 Å². The summed E-state index contributed by atoms with van der Waals surface area (Å²) in [6.07, 6.45) is 3.74. The molecule has 0 heterocycles. The minimum absolute atomic E-state index is 0.0325. The zero-order chi connectivity index (χ0) is 11.8. The largest absolute Gasteiger partial charge is 0.392 e. The fourth-order valence-corrected chi connectivity index (χ4v) is 1.45. The summed E-state index contributed by atoms with van der Waals surface area (Å²) in [5.41, 5.74) is 1.64. The van der Waals surface area contributed by atoms with E-state index in [4.69, 9.17) is 5.11 Å². The first kappa shape index (κ1) is 12.7. The Kier molecular flexibility index (Phi) is 5.57. The molecule has 2 N–H and O–H groups in total. The molecular formula is C13H19NO2. The number of rotatable bonds is 6. The van der Waals surface area contributed by atoms with E-state index in [2.05, 4.69) is 12.2 Å². The minimum Gasteiger partial charge on any atom is -0.392 e. The van der Waals surface area contributed by atoms with Crippen molar-refractivity contribution in [3.63, 3.8) is 0 Å². The second kappa shape index (κ2) is 7.01. The van der Waals surface area contributed by atoms with Crippen LogP contribution in [0.2, 0.25) is 0 Å². The van der Waals surface area contributed by atoms with E-state index < -0.39 is 0 Å². The van der Waals surface area contributed by atoms with Crippen LogP contribution in [0.15, 0.2) is 24.3 Å². The summed E-state index contributed by atoms with van der Waals surface area (Å²) in [7, 11) is 0. The maximum atomic E-state index is 11.5. The minimum atomic E-state index is 0.0325. The lowest BCUT2D eigenvalue weighted by molar-refractivity contribution is -0.116. The Morgan fingerprint density at radius 2 is 1.94 bits per heavy atom. The number of unbranched alkanes of at least 4 members (excludes halogenated alkanes) is 2. The van der Waals surface area contributed by atoms with Gasteiger partial charge < -0.3 is 10.4 Å². The van der Waals surface area contributed by atoms with Gasteiger partial charge in [0.05, 0.1) is 6.61 Å². The topological polar surface area (TPSA) is 49.3 Å². The first-order valence-corrected chi connectivity index (χ1v) is 5.76. The average molecular weight is 221 g/mol. The summed E-state index contributed by atoms with van der Waals surface area (Å²) in [4.78, 5) is 11.5. The summed E-state index contributed by atoms with van der Waals surface area (Å²) < 4.78 is 0. The molecule has 1 aromatic carbocycles. The Balaban J connectivity index is 2.37. The number of benzene rings is 1. The van der Waals surface area contributed by atoms with Crippen LogP contribution in [0.25, 0.3) is 0 Å². The lowest BCUT2D eigenvalue weighted by Crippen LogP contribution is -2.10. The highest BCUT2D eigenvalue weighted by atomic mass is 16.3. The highest BCUT2D eigenvalue weighted by Crippen LogP contribution is 2.10. The number of hydrogen-bond acceptors (Lipinski definition) is 2. The number of hydrogen-bond donors (Lipinski definition) is 2. The molecule has 0 fully saturated rings. The maximum Gasteiger partial charge on any atom is 0.224 e. The highest BCUT2D eigenvalue weighted by Gasteiger charge is 2.01. The van der Waals surface area contributed by atoms with Crippen LogP contribution in [0.5, 0.6) is 0 Å². The Morgan fingerprint density at radius 3 is 2.50 bits per heavy atom. The Morgan fingerprint density at radius 1 is 1.25 bits per heavy atom. The van der Waals surface area contributed by atoms with Crippen molar-refractivity contribution in [3.05, 3.63) is 29.8 Å². The number of carbonyl (C=O) groups excluding carboxylic acids is 1. The molecule has 1 aromatic rings. The van der Waals surface area contributed by atoms with Crippen molar-refractivity contribution in [1.82, 2.24) is 0 Å². The zero-order valence-corrected chi connectivity index (χ0v) is 9.70. The Hall–Kier alpha value is -1.35. The number of anilines is 1. The van der Waals surface area contributed by atoms with Gasteiger partial charge in [0.2, 0.25) is 5.91 Å². The van der Waals surface area contributed by atoms with E-state index in [1.54, 1.807) is 0 Å². The molecule has 0 saturated carbocycles. The van der Waals surface area contributed by atoms with Crippen LogP contribution in [0.4, 0.5) is 5.69 Å². The fourth-order valence-electron chi connectivity index (χ4n) is 1.45. The SMILES string of the molecule is CCCCCC(=O)Nc1ccc(CO)cc1. The van der Waals surface area contributed by atoms with E-state index in [9.17, 15) is 4.79 Å². The molecule has 3 heteroatoms. The molecule has 0 spiro atoms. The third-order valence-corrected chi connectivity index (χ3v) is 2.43. The number of aliphatic hydroxyl groups is 1. The van der Waals surface area contributed by atoms with Crippen molar-refractivity contribution in [2.75, 3.05) is 5.32 Å². The van der Waals surface area contributed by atoms with E-state index in [1.807, 2.05) is 24.3 Å². The molecule has 0 saturated heterocycles. The van der Waals surface area contributed by atoms with E-state index in [-0.39, 0.29) is 12.5 Å². The first-order valence-electron chi connectivity index (χ1n) is 5.76. The number of amides is 1. The molecule has 0 aliphatic heterocycles. The highest BCUT2D eigenvalue weighted by molar-refractivity contribution is 5.90. The second-order valence-electron chi connectivity index (χ2n) is 3.86. The van der Waals surface area contributed by atoms with E-state index >= 15 is 0 Å². The van der Waals surface area contributed by atoms with Gasteiger partial charge in [-0.25, -0.2) is 0 Å². The molecule has 0 aliphatic carbocycles. The van der Waals surface area contributed by atoms with Crippen molar-refractivity contribution in [2.45, 2.75) is 39.2 Å². The van der Waals surface area contributed by atoms with Crippen molar-refractivity contribution in [2.24, 2.45) is 0 Å². The second-order valence-corrected chi connectivity index (χ2v) is 3.86. The van der Waals surface area contributed by atoms with Crippen LogP contribution in [-0.2, 0) is 11.4 Å². The average Bonchev–Trinajstić information content (AvgIpc) is 2.30. The van der Waals surface area contributed by atoms with Crippen LogP contribution in [0.1, 0.15) is 38.2 Å². The number of aliphatic hydroxyl groups excluding tert-OH is 1. The van der Waals surface area contributed by atoms with Gasteiger partial charge in [0, 0.05) is 12.1 Å². The summed E-state index contributed by atoms with van der Waals surface area (Å²) in [5.74, 6) is 0.0604. The van der Waals surface area contributed by atoms with E-state index in [0.29, 0.717) is 6.42 Å². The zero-order valence-electron chi connectivity index (χ0n) is 9.70. The monoisotopic (exact) mass is 221 g/mol. The van der Waals surface area contributed by atoms with Gasteiger partial charge in [-0.2, -0.15) is 0 Å². The van der Waals surface area contributed by atoms with Crippen LogP contribution in [0, 0.1) is 0 Å². The lowest BCUT2D eigenvalue weighted by atomic mass is 10.2. The quantitative estimate of drug-likeness (QED) is 0.726. The standard InChI is InChI=1S/C13H19NO2/c1-2-3-4-5-13(16)14-12-8-6-11(10-15)7-9-12/h6-9,15H,2-5,10H2,1H3,(H,14,16). The first-order chi connectivity index (χ1) is 7.76. The molecule has 0 bridgehead atoms. The molecule has 0 unspecified atom stereocenters. The Labute approximate surface area is 96.5 Å². The van der Waals surface area contributed by atoms with Gasteiger partial charge >= 0.3 is 0 Å². The number of nitrogens with one attached hydrogen (secondary N) is 1. The lowest BCUT2D eigenvalue weighted by Gasteiger charge is -2.05. The molecule has 1 amide bonds. The molecule has 0 aliphatic rings. The molecule has 0 aromatic heterocycles. The summed E-state index contributed by atoms with van der Waals surface area (Å²) in [5, 5.41) is 11.7. The smallest absolute Gasteiger partial charge is 0.224 e. The summed E-state index contributed by atoms with van der Waals surface area (Å²) in [6, 6.07) is 7.23. The van der Waals surface area contributed by atoms with Crippen molar-refractivity contribution in [3.8, 4) is 0 Å². The summed E-state index contributed by atoms with van der Waals surface area (Å²) >= 11 is 0. The molecule has 16 heavy (non-hydrogen) atoms. The molecule has 0 atom stereocenters. The third kappa shape index (κ3) is 4.45. The van der Waals surface area contributed by atoms with Crippen molar-refractivity contribution < 1.29 is 9.90 Å². The maximum absolute atomic E-state index is 11.5. The van der Waals surface area contributed by atoms with Gasteiger partial charge in [-0.3, -0.25) is 4.79 Å². The van der Waals surface area contributed by atoms with Crippen LogP contribution >= 0.6 is 0 Å². The normalized spacial score (nSPS) is 10.1. The van der Waals surface area contributed by atoms with Crippen molar-refractivity contribution >= 4 is 11.6 Å². The summed E-state index contributed by atoms with van der Waals surface area (Å²) in [6.45, 7) is 2.15. The van der Waals surface area contributed by atoms with Crippen LogP contribution in [-0.4, -0.2) is 11.0 Å². The van der Waals surface area contributed by atoms with Crippen LogP contribution in [0.3, 0.4) is 0 Å². The predicted molar refractivity (Wildman–Crippen MR) is 65.1 cm³/mol. The van der Waals surface area contributed by atoms with Crippen molar-refractivity contribution in [1.29, 1.82) is 0 Å². The molecule has 1 rings (SSSR count). The van der Waals surface area contributed by atoms with Gasteiger partial charge in [-0.05, 0) is 24.1 Å². The molecule has 88 valence electrons. The molecular weight excluding hydrogens is 202 g/mol.